The molecule has 0 spiro atoms. The van der Waals surface area contributed by atoms with Gasteiger partial charge in [-0.1, -0.05) is 0 Å². The van der Waals surface area contributed by atoms with Crippen LogP contribution in [0.5, 0.6) is 11.6 Å². The van der Waals surface area contributed by atoms with Crippen molar-refractivity contribution in [2.75, 3.05) is 69.8 Å². The number of methoxy groups -OCH3 is 1. The topological polar surface area (TPSA) is 149 Å². The van der Waals surface area contributed by atoms with Crippen molar-refractivity contribution in [3.63, 3.8) is 0 Å². The number of carbonyl (C=O) groups is 1. The van der Waals surface area contributed by atoms with Gasteiger partial charge in [-0.05, 0) is 49.7 Å². The summed E-state index contributed by atoms with van der Waals surface area (Å²) in [7, 11) is 1.58. The predicted octanol–water partition coefficient (Wildman–Crippen LogP) is 2.99. The third kappa shape index (κ3) is 6.96. The second-order valence-corrected chi connectivity index (χ2v) is 12.2. The summed E-state index contributed by atoms with van der Waals surface area (Å²) >= 11 is 0. The molecule has 3 aromatic rings. The average Bonchev–Trinajstić information content (AvgIpc) is 3.05. The molecule has 13 nitrogen and oxygen atoms in total. The normalized spacial score (nSPS) is 20.4. The second-order valence-electron chi connectivity index (χ2n) is 12.2. The smallest absolute Gasteiger partial charge is 0.301 e. The SMILES string of the molecule is COc1nc(Nc2ncc(C)c(-c3ccc(OC4CCN(C(=O)[C@@H](C)O)CC4(F)F)c(C#N)c3)n2)ccc1N1CCN(C2COC2)CC1. The molecule has 3 fully saturated rings. The molecule has 5 heterocycles. The summed E-state index contributed by atoms with van der Waals surface area (Å²) < 4.78 is 46.6. The molecule has 6 rings (SSSR count). The van der Waals surface area contributed by atoms with Gasteiger partial charge < -0.3 is 34.4 Å². The molecule has 0 aliphatic carbocycles. The summed E-state index contributed by atoms with van der Waals surface area (Å²) in [6.07, 6.45) is -1.44. The van der Waals surface area contributed by atoms with Gasteiger partial charge in [0.1, 0.15) is 29.4 Å². The number of piperazine rings is 1. The molecule has 0 saturated carbocycles. The van der Waals surface area contributed by atoms with E-state index in [2.05, 4.69) is 30.1 Å². The maximum atomic E-state index is 15.0. The first-order valence-corrected chi connectivity index (χ1v) is 15.8. The summed E-state index contributed by atoms with van der Waals surface area (Å²) in [6.45, 7) is 7.37. The van der Waals surface area contributed by atoms with E-state index in [9.17, 15) is 23.9 Å². The van der Waals surface area contributed by atoms with Crippen LogP contribution in [0.4, 0.5) is 26.2 Å². The Morgan fingerprint density at radius 2 is 1.94 bits per heavy atom. The van der Waals surface area contributed by atoms with E-state index >= 15 is 0 Å². The van der Waals surface area contributed by atoms with Gasteiger partial charge in [-0.15, -0.1) is 0 Å². The standard InChI is InChI=1S/C33H38F2N8O5/c1-20-16-37-32(39-28-7-5-25(30(38-28)46-3)42-12-10-41(11-13-42)24-17-47-18-24)40-29(20)22-4-6-26(23(14-22)15-36)48-27-8-9-43(19-33(27,34)35)31(45)21(2)44/h4-7,14,16,21,24,27,44H,8-13,17-19H2,1-3H3,(H,37,38,39,40)/t21-,27?/m1/s1. The number of pyridine rings is 1. The van der Waals surface area contributed by atoms with Crippen LogP contribution >= 0.6 is 0 Å². The molecule has 1 aromatic carbocycles. The Bertz CT molecular complexity index is 1690. The van der Waals surface area contributed by atoms with Crippen molar-refractivity contribution in [1.82, 2.24) is 24.8 Å². The number of amides is 1. The number of anilines is 3. The number of benzene rings is 1. The molecule has 2 N–H and O–H groups in total. The fourth-order valence-electron chi connectivity index (χ4n) is 6.10. The van der Waals surface area contributed by atoms with Gasteiger partial charge in [0.25, 0.3) is 5.91 Å². The van der Waals surface area contributed by atoms with Crippen molar-refractivity contribution in [2.45, 2.75) is 44.4 Å². The number of nitrogens with zero attached hydrogens (tertiary/aromatic N) is 7. The number of hydrogen-bond acceptors (Lipinski definition) is 12. The molecule has 2 atom stereocenters. The first kappa shape index (κ1) is 33.3. The number of aryl methyl sites for hydroxylation is 1. The van der Waals surface area contributed by atoms with Crippen LogP contribution in [0, 0.1) is 18.3 Å². The lowest BCUT2D eigenvalue weighted by molar-refractivity contribution is -0.165. The van der Waals surface area contributed by atoms with E-state index in [4.69, 9.17) is 14.2 Å². The molecule has 2 aromatic heterocycles. The maximum absolute atomic E-state index is 15.0. The second kappa shape index (κ2) is 13.8. The number of piperidine rings is 1. The number of halogens is 2. The fraction of sp³-hybridized carbons (Fsp3) is 0.485. The predicted molar refractivity (Wildman–Crippen MR) is 172 cm³/mol. The van der Waals surface area contributed by atoms with Crippen molar-refractivity contribution >= 4 is 23.4 Å². The van der Waals surface area contributed by atoms with E-state index < -0.39 is 30.6 Å². The molecular formula is C33H38F2N8O5. The van der Waals surface area contributed by atoms with Crippen molar-refractivity contribution in [2.24, 2.45) is 0 Å². The number of ether oxygens (including phenoxy) is 3. The van der Waals surface area contributed by atoms with Crippen molar-refractivity contribution in [3.05, 3.63) is 47.7 Å². The van der Waals surface area contributed by atoms with Crippen molar-refractivity contribution in [1.29, 1.82) is 5.26 Å². The van der Waals surface area contributed by atoms with Crippen LogP contribution in [0.25, 0.3) is 11.3 Å². The van der Waals surface area contributed by atoms with Crippen LogP contribution in [-0.2, 0) is 9.53 Å². The summed E-state index contributed by atoms with van der Waals surface area (Å²) in [5, 5.41) is 22.5. The summed E-state index contributed by atoms with van der Waals surface area (Å²) in [6, 6.07) is 11.0. The molecular weight excluding hydrogens is 626 g/mol. The number of nitriles is 1. The van der Waals surface area contributed by atoms with E-state index in [-0.39, 0.29) is 30.2 Å². The average molecular weight is 665 g/mol. The van der Waals surface area contributed by atoms with Crippen LogP contribution in [0.3, 0.4) is 0 Å². The van der Waals surface area contributed by atoms with Crippen LogP contribution < -0.4 is 19.7 Å². The van der Waals surface area contributed by atoms with Gasteiger partial charge >= 0.3 is 5.92 Å². The van der Waals surface area contributed by atoms with E-state index in [1.807, 2.05) is 25.1 Å². The Labute approximate surface area is 277 Å². The number of nitrogens with one attached hydrogen (secondary N) is 1. The van der Waals surface area contributed by atoms with E-state index in [1.165, 1.54) is 19.1 Å². The number of aliphatic hydroxyl groups excluding tert-OH is 1. The highest BCUT2D eigenvalue weighted by Gasteiger charge is 2.48. The Morgan fingerprint density at radius 3 is 2.58 bits per heavy atom. The minimum Gasteiger partial charge on any atom is -0.483 e. The molecule has 3 saturated heterocycles. The lowest BCUT2D eigenvalue weighted by Crippen LogP contribution is -2.56. The van der Waals surface area contributed by atoms with Gasteiger partial charge in [-0.2, -0.15) is 10.2 Å². The number of rotatable bonds is 9. The van der Waals surface area contributed by atoms with Gasteiger partial charge in [0.15, 0.2) is 6.10 Å². The number of hydrogen-bond donors (Lipinski definition) is 2. The third-order valence-electron chi connectivity index (χ3n) is 8.88. The number of aromatic nitrogens is 3. The molecule has 254 valence electrons. The maximum Gasteiger partial charge on any atom is 0.301 e. The van der Waals surface area contributed by atoms with Gasteiger partial charge in [-0.3, -0.25) is 9.69 Å². The Hall–Kier alpha value is -4.65. The highest BCUT2D eigenvalue weighted by atomic mass is 19.3. The van der Waals surface area contributed by atoms with Gasteiger partial charge in [0.05, 0.1) is 44.2 Å². The number of aliphatic hydroxyl groups is 1. The van der Waals surface area contributed by atoms with E-state index in [0.717, 1.165) is 55.5 Å². The number of likely N-dealkylation sites (tertiary alicyclic amines) is 1. The first-order chi connectivity index (χ1) is 23.1. The Morgan fingerprint density at radius 1 is 1.17 bits per heavy atom. The molecule has 1 unspecified atom stereocenters. The summed E-state index contributed by atoms with van der Waals surface area (Å²) in [5.41, 5.74) is 2.79. The fourth-order valence-corrected chi connectivity index (χ4v) is 6.10. The zero-order chi connectivity index (χ0) is 34.0. The van der Waals surface area contributed by atoms with Crippen molar-refractivity contribution in [3.8, 4) is 29.0 Å². The Kier molecular flexibility index (Phi) is 9.58. The van der Waals surface area contributed by atoms with E-state index in [1.54, 1.807) is 19.4 Å². The minimum atomic E-state index is -3.38. The lowest BCUT2D eigenvalue weighted by Gasteiger charge is -2.43. The van der Waals surface area contributed by atoms with Crippen LogP contribution in [0.15, 0.2) is 36.5 Å². The monoisotopic (exact) mass is 664 g/mol. The van der Waals surface area contributed by atoms with Gasteiger partial charge in [0.2, 0.25) is 11.8 Å². The molecule has 0 bridgehead atoms. The van der Waals surface area contributed by atoms with Crippen LogP contribution in [0.1, 0.15) is 24.5 Å². The number of alkyl halides is 2. The van der Waals surface area contributed by atoms with Crippen LogP contribution in [0.2, 0.25) is 0 Å². The third-order valence-corrected chi connectivity index (χ3v) is 8.88. The highest BCUT2D eigenvalue weighted by Crippen LogP contribution is 2.35. The van der Waals surface area contributed by atoms with E-state index in [0.29, 0.717) is 29.0 Å². The van der Waals surface area contributed by atoms with Crippen molar-refractivity contribution < 1.29 is 32.9 Å². The summed E-state index contributed by atoms with van der Waals surface area (Å²) in [5.74, 6) is -2.91. The minimum absolute atomic E-state index is 0.00105. The molecule has 1 amide bonds. The molecule has 48 heavy (non-hydrogen) atoms. The zero-order valence-electron chi connectivity index (χ0n) is 27.0. The zero-order valence-corrected chi connectivity index (χ0v) is 27.0. The highest BCUT2D eigenvalue weighted by molar-refractivity contribution is 5.80. The molecule has 0 radical (unpaired) electrons. The number of carbonyl (C=O) groups excluding carboxylic acids is 1. The quantitative estimate of drug-likeness (QED) is 0.346. The Balaban J connectivity index is 1.15. The van der Waals surface area contributed by atoms with Gasteiger partial charge in [0, 0.05) is 50.9 Å². The summed E-state index contributed by atoms with van der Waals surface area (Å²) in [4.78, 5) is 31.4. The first-order valence-electron chi connectivity index (χ1n) is 15.8. The molecule has 15 heteroatoms. The van der Waals surface area contributed by atoms with Gasteiger partial charge in [-0.25, -0.2) is 18.7 Å². The molecule has 3 aliphatic heterocycles. The van der Waals surface area contributed by atoms with Crippen LogP contribution in [-0.4, -0.2) is 120 Å². The largest absolute Gasteiger partial charge is 0.483 e. The lowest BCUT2D eigenvalue weighted by atomic mass is 10.0. The molecule has 3 aliphatic rings.